The number of esters is 1. The fourth-order valence-corrected chi connectivity index (χ4v) is 2.43. The summed E-state index contributed by atoms with van der Waals surface area (Å²) in [5, 5.41) is 2.67. The molecule has 0 aliphatic carbocycles. The van der Waals surface area contributed by atoms with E-state index in [1.165, 1.54) is 33.3 Å². The van der Waals surface area contributed by atoms with Gasteiger partial charge < -0.3 is 29.0 Å². The number of carbonyl (C=O) groups is 2. The average molecular weight is 373 g/mol. The van der Waals surface area contributed by atoms with Crippen molar-refractivity contribution in [1.82, 2.24) is 0 Å². The van der Waals surface area contributed by atoms with Crippen molar-refractivity contribution in [2.45, 2.75) is 13.0 Å². The lowest BCUT2D eigenvalue weighted by Crippen LogP contribution is -2.30. The second-order valence-corrected chi connectivity index (χ2v) is 5.71. The molecule has 1 aliphatic rings. The van der Waals surface area contributed by atoms with E-state index in [-0.39, 0.29) is 12.4 Å². The van der Waals surface area contributed by atoms with Crippen LogP contribution in [-0.2, 0) is 9.53 Å². The first kappa shape index (κ1) is 18.4. The second kappa shape index (κ2) is 7.86. The van der Waals surface area contributed by atoms with Crippen LogP contribution < -0.4 is 24.3 Å². The predicted octanol–water partition coefficient (Wildman–Crippen LogP) is 2.62. The van der Waals surface area contributed by atoms with Gasteiger partial charge in [0.2, 0.25) is 6.79 Å². The fourth-order valence-electron chi connectivity index (χ4n) is 2.43. The van der Waals surface area contributed by atoms with Crippen molar-refractivity contribution in [1.29, 1.82) is 0 Å². The average Bonchev–Trinajstić information content (AvgIpc) is 3.15. The van der Waals surface area contributed by atoms with Crippen LogP contribution in [0.1, 0.15) is 17.3 Å². The van der Waals surface area contributed by atoms with Gasteiger partial charge in [-0.05, 0) is 31.2 Å². The summed E-state index contributed by atoms with van der Waals surface area (Å²) in [5.74, 6) is 0.899. The van der Waals surface area contributed by atoms with E-state index in [0.29, 0.717) is 28.7 Å². The monoisotopic (exact) mass is 373 g/mol. The maximum Gasteiger partial charge on any atom is 0.339 e. The van der Waals surface area contributed by atoms with Gasteiger partial charge in [0.05, 0.1) is 19.8 Å². The van der Waals surface area contributed by atoms with Crippen LogP contribution in [0.3, 0.4) is 0 Å². The highest BCUT2D eigenvalue weighted by Crippen LogP contribution is 2.34. The van der Waals surface area contributed by atoms with Crippen LogP contribution >= 0.6 is 0 Å². The molecule has 0 saturated carbocycles. The summed E-state index contributed by atoms with van der Waals surface area (Å²) >= 11 is 0. The van der Waals surface area contributed by atoms with Crippen molar-refractivity contribution in [2.24, 2.45) is 0 Å². The van der Waals surface area contributed by atoms with Crippen LogP contribution in [-0.4, -0.2) is 39.0 Å². The molecule has 1 heterocycles. The molecule has 1 aliphatic heterocycles. The highest BCUT2D eigenvalue weighted by atomic mass is 16.7. The van der Waals surface area contributed by atoms with Gasteiger partial charge in [-0.25, -0.2) is 4.79 Å². The van der Waals surface area contributed by atoms with Crippen LogP contribution in [0.5, 0.6) is 23.0 Å². The van der Waals surface area contributed by atoms with Crippen LogP contribution in [0.25, 0.3) is 0 Å². The number of benzene rings is 2. The molecule has 1 atom stereocenters. The number of hydrogen-bond donors (Lipinski definition) is 1. The van der Waals surface area contributed by atoms with Gasteiger partial charge in [-0.2, -0.15) is 0 Å². The number of hydrogen-bond acceptors (Lipinski definition) is 7. The summed E-state index contributed by atoms with van der Waals surface area (Å²) < 4.78 is 26.0. The molecule has 8 nitrogen and oxygen atoms in total. The minimum absolute atomic E-state index is 0.144. The van der Waals surface area contributed by atoms with E-state index in [0.717, 1.165) is 0 Å². The van der Waals surface area contributed by atoms with E-state index >= 15 is 0 Å². The van der Waals surface area contributed by atoms with E-state index in [1.807, 2.05) is 0 Å². The molecule has 1 amide bonds. The third kappa shape index (κ3) is 4.22. The molecule has 3 rings (SSSR count). The number of methoxy groups -OCH3 is 2. The summed E-state index contributed by atoms with van der Waals surface area (Å²) in [7, 11) is 2.96. The smallest absolute Gasteiger partial charge is 0.339 e. The molecule has 0 spiro atoms. The third-order valence-electron chi connectivity index (χ3n) is 3.88. The largest absolute Gasteiger partial charge is 0.497 e. The lowest BCUT2D eigenvalue weighted by Gasteiger charge is -2.14. The maximum atomic E-state index is 12.4. The Bertz CT molecular complexity index is 843. The van der Waals surface area contributed by atoms with Crippen molar-refractivity contribution in [3.05, 3.63) is 42.0 Å². The highest BCUT2D eigenvalue weighted by molar-refractivity contribution is 5.97. The molecule has 2 aromatic carbocycles. The lowest BCUT2D eigenvalue weighted by molar-refractivity contribution is -0.123. The van der Waals surface area contributed by atoms with Gasteiger partial charge in [-0.3, -0.25) is 4.79 Å². The van der Waals surface area contributed by atoms with Crippen molar-refractivity contribution in [3.63, 3.8) is 0 Å². The zero-order chi connectivity index (χ0) is 19.4. The molecule has 0 saturated heterocycles. The van der Waals surface area contributed by atoms with Crippen molar-refractivity contribution in [3.8, 4) is 23.0 Å². The Hall–Kier alpha value is -3.42. The second-order valence-electron chi connectivity index (χ2n) is 5.71. The molecule has 0 aromatic heterocycles. The fraction of sp³-hybridized carbons (Fsp3) is 0.263. The van der Waals surface area contributed by atoms with Gasteiger partial charge in [0.1, 0.15) is 11.5 Å². The number of amides is 1. The van der Waals surface area contributed by atoms with Crippen molar-refractivity contribution in [2.75, 3.05) is 26.3 Å². The number of anilines is 1. The molecule has 0 fully saturated rings. The van der Waals surface area contributed by atoms with Crippen molar-refractivity contribution < 1.29 is 33.3 Å². The molecule has 27 heavy (non-hydrogen) atoms. The summed E-state index contributed by atoms with van der Waals surface area (Å²) in [4.78, 5) is 24.7. The Morgan fingerprint density at radius 1 is 1.00 bits per heavy atom. The first-order valence-corrected chi connectivity index (χ1v) is 8.14. The van der Waals surface area contributed by atoms with E-state index < -0.39 is 18.0 Å². The molecule has 0 radical (unpaired) electrons. The molecule has 2 aromatic rings. The molecule has 1 N–H and O–H groups in total. The zero-order valence-corrected chi connectivity index (χ0v) is 15.1. The minimum Gasteiger partial charge on any atom is -0.497 e. The Kier molecular flexibility index (Phi) is 5.35. The standard InChI is InChI=1S/C19H19NO7/c1-11(18(21)20-13-4-5-16-17(8-13)26-10-25-16)27-19(22)12-6-14(23-2)9-15(7-12)24-3/h4-9,11H,10H2,1-3H3,(H,20,21)/t11-/m1/s1. The Morgan fingerprint density at radius 2 is 1.67 bits per heavy atom. The first-order chi connectivity index (χ1) is 13.0. The Morgan fingerprint density at radius 3 is 2.33 bits per heavy atom. The van der Waals surface area contributed by atoms with Crippen LogP contribution in [0.2, 0.25) is 0 Å². The van der Waals surface area contributed by atoms with Crippen molar-refractivity contribution >= 4 is 17.6 Å². The van der Waals surface area contributed by atoms with Gasteiger partial charge in [0.25, 0.3) is 5.91 Å². The number of carbonyl (C=O) groups excluding carboxylic acids is 2. The molecule has 142 valence electrons. The summed E-state index contributed by atoms with van der Waals surface area (Å²) in [5.41, 5.74) is 0.726. The van der Waals surface area contributed by atoms with Crippen LogP contribution in [0.4, 0.5) is 5.69 Å². The van der Waals surface area contributed by atoms with Gasteiger partial charge in [0, 0.05) is 17.8 Å². The normalized spacial score (nSPS) is 12.9. The Balaban J connectivity index is 1.65. The SMILES string of the molecule is COc1cc(OC)cc(C(=O)O[C@H](C)C(=O)Nc2ccc3c(c2)OCO3)c1. The highest BCUT2D eigenvalue weighted by Gasteiger charge is 2.21. The number of fused-ring (bicyclic) bond motifs is 1. The predicted molar refractivity (Wildman–Crippen MR) is 95.6 cm³/mol. The van der Waals surface area contributed by atoms with E-state index in [9.17, 15) is 9.59 Å². The topological polar surface area (TPSA) is 92.3 Å². The molecular formula is C19H19NO7. The molecule has 0 unspecified atom stereocenters. The lowest BCUT2D eigenvalue weighted by atomic mass is 10.2. The molecule has 0 bridgehead atoms. The maximum absolute atomic E-state index is 12.4. The first-order valence-electron chi connectivity index (χ1n) is 8.14. The van der Waals surface area contributed by atoms with E-state index in [1.54, 1.807) is 24.3 Å². The van der Waals surface area contributed by atoms with Gasteiger partial charge in [-0.15, -0.1) is 0 Å². The summed E-state index contributed by atoms with van der Waals surface area (Å²) in [6, 6.07) is 9.65. The minimum atomic E-state index is -1.01. The summed E-state index contributed by atoms with van der Waals surface area (Å²) in [6.45, 7) is 1.63. The zero-order valence-electron chi connectivity index (χ0n) is 15.1. The number of rotatable bonds is 6. The quantitative estimate of drug-likeness (QED) is 0.778. The third-order valence-corrected chi connectivity index (χ3v) is 3.88. The summed E-state index contributed by atoms with van der Waals surface area (Å²) in [6.07, 6.45) is -1.01. The van der Waals surface area contributed by atoms with E-state index in [4.69, 9.17) is 23.7 Å². The number of nitrogens with one attached hydrogen (secondary N) is 1. The van der Waals surface area contributed by atoms with Gasteiger partial charge >= 0.3 is 5.97 Å². The van der Waals surface area contributed by atoms with E-state index in [2.05, 4.69) is 5.32 Å². The number of ether oxygens (including phenoxy) is 5. The molecule has 8 heteroatoms. The molecular weight excluding hydrogens is 354 g/mol. The van der Waals surface area contributed by atoms with Gasteiger partial charge in [-0.1, -0.05) is 0 Å². The van der Waals surface area contributed by atoms with Crippen LogP contribution in [0.15, 0.2) is 36.4 Å². The Labute approximate surface area is 155 Å². The van der Waals surface area contributed by atoms with Gasteiger partial charge in [0.15, 0.2) is 17.6 Å². The van der Waals surface area contributed by atoms with Crippen LogP contribution in [0, 0.1) is 0 Å².